The minimum atomic E-state index is -0.539. The number of non-ortho nitro benzene ring substituents is 1. The smallest absolute Gasteiger partial charge is 0.269 e. The number of methoxy groups -OCH3 is 1. The number of rotatable bonds is 5. The molecule has 8 heteroatoms. The number of benzene rings is 2. The van der Waals surface area contributed by atoms with Crippen LogP contribution in [-0.2, 0) is 0 Å². The van der Waals surface area contributed by atoms with Crippen LogP contribution in [0.2, 0.25) is 0 Å². The number of carbonyl (C=O) groups is 2. The van der Waals surface area contributed by atoms with E-state index in [4.69, 9.17) is 4.74 Å². The molecule has 0 bridgehead atoms. The molecule has 2 aromatic rings. The van der Waals surface area contributed by atoms with Crippen molar-refractivity contribution in [2.75, 3.05) is 19.5 Å². The van der Waals surface area contributed by atoms with Crippen LogP contribution >= 0.6 is 0 Å². The van der Waals surface area contributed by atoms with Crippen molar-refractivity contribution in [3.8, 4) is 5.75 Å². The zero-order chi connectivity index (χ0) is 17.7. The molecule has 2 N–H and O–H groups in total. The van der Waals surface area contributed by atoms with Crippen LogP contribution in [0.1, 0.15) is 20.7 Å². The first kappa shape index (κ1) is 16.9. The van der Waals surface area contributed by atoms with Crippen LogP contribution in [0.15, 0.2) is 42.5 Å². The highest BCUT2D eigenvalue weighted by atomic mass is 16.6. The van der Waals surface area contributed by atoms with Crippen LogP contribution < -0.4 is 15.4 Å². The fraction of sp³-hybridized carbons (Fsp3) is 0.125. The quantitative estimate of drug-likeness (QED) is 0.645. The van der Waals surface area contributed by atoms with E-state index in [1.165, 1.54) is 44.5 Å². The van der Waals surface area contributed by atoms with Crippen molar-refractivity contribution in [2.24, 2.45) is 0 Å². The maximum absolute atomic E-state index is 12.2. The second-order valence-corrected chi connectivity index (χ2v) is 4.75. The average molecular weight is 329 g/mol. The van der Waals surface area contributed by atoms with E-state index < -0.39 is 10.8 Å². The van der Waals surface area contributed by atoms with Gasteiger partial charge in [0.2, 0.25) is 0 Å². The maximum Gasteiger partial charge on any atom is 0.269 e. The molecule has 0 radical (unpaired) electrons. The zero-order valence-electron chi connectivity index (χ0n) is 13.0. The Morgan fingerprint density at radius 1 is 1.04 bits per heavy atom. The summed E-state index contributed by atoms with van der Waals surface area (Å²) < 4.78 is 5.18. The summed E-state index contributed by atoms with van der Waals surface area (Å²) in [6.45, 7) is 0. The minimum absolute atomic E-state index is 0.0981. The number of hydrogen-bond donors (Lipinski definition) is 2. The van der Waals surface area contributed by atoms with Gasteiger partial charge in [-0.25, -0.2) is 0 Å². The summed E-state index contributed by atoms with van der Waals surface area (Å²) in [5, 5.41) is 15.8. The number of nitro groups is 1. The van der Waals surface area contributed by atoms with Crippen molar-refractivity contribution < 1.29 is 19.2 Å². The summed E-state index contributed by atoms with van der Waals surface area (Å²) in [5.74, 6) is -0.399. The van der Waals surface area contributed by atoms with Crippen molar-refractivity contribution in [3.05, 3.63) is 63.7 Å². The predicted octanol–water partition coefficient (Wildman–Crippen LogP) is 2.22. The molecular formula is C16H15N3O5. The third-order valence-electron chi connectivity index (χ3n) is 3.28. The van der Waals surface area contributed by atoms with Gasteiger partial charge in [-0.15, -0.1) is 0 Å². The van der Waals surface area contributed by atoms with Crippen molar-refractivity contribution in [3.63, 3.8) is 0 Å². The van der Waals surface area contributed by atoms with Gasteiger partial charge in [-0.1, -0.05) is 0 Å². The molecule has 2 aromatic carbocycles. The Hall–Kier alpha value is -3.42. The van der Waals surface area contributed by atoms with E-state index in [0.29, 0.717) is 17.0 Å². The fourth-order valence-corrected chi connectivity index (χ4v) is 2.01. The molecule has 8 nitrogen and oxygen atoms in total. The molecule has 0 saturated carbocycles. The SMILES string of the molecule is CNC(=O)c1ccc(NC(=O)c2ccc([N+](=O)[O-])cc2)c(OC)c1. The minimum Gasteiger partial charge on any atom is -0.495 e. The molecule has 0 aromatic heterocycles. The van der Waals surface area contributed by atoms with Gasteiger partial charge in [-0.3, -0.25) is 19.7 Å². The van der Waals surface area contributed by atoms with Crippen molar-refractivity contribution >= 4 is 23.2 Å². The van der Waals surface area contributed by atoms with Crippen LogP contribution in [-0.4, -0.2) is 30.9 Å². The van der Waals surface area contributed by atoms with E-state index in [9.17, 15) is 19.7 Å². The van der Waals surface area contributed by atoms with Gasteiger partial charge in [0.1, 0.15) is 5.75 Å². The van der Waals surface area contributed by atoms with Crippen LogP contribution in [0.25, 0.3) is 0 Å². The van der Waals surface area contributed by atoms with Gasteiger partial charge in [0, 0.05) is 30.3 Å². The first-order chi connectivity index (χ1) is 11.5. The van der Waals surface area contributed by atoms with Gasteiger partial charge in [0.05, 0.1) is 17.7 Å². The van der Waals surface area contributed by atoms with Crippen LogP contribution in [0.3, 0.4) is 0 Å². The summed E-state index contributed by atoms with van der Waals surface area (Å²) in [5.41, 5.74) is 0.938. The Morgan fingerprint density at radius 3 is 2.21 bits per heavy atom. The molecule has 0 unspecified atom stereocenters. The standard InChI is InChI=1S/C16H15N3O5/c1-17-15(20)11-5-8-13(14(9-11)24-2)18-16(21)10-3-6-12(7-4-10)19(22)23/h3-9H,1-2H3,(H,17,20)(H,18,21). The summed E-state index contributed by atoms with van der Waals surface area (Å²) in [6.07, 6.45) is 0. The van der Waals surface area contributed by atoms with Gasteiger partial charge in [0.15, 0.2) is 0 Å². The molecule has 0 atom stereocenters. The van der Waals surface area contributed by atoms with Gasteiger partial charge in [-0.2, -0.15) is 0 Å². The number of nitro benzene ring substituents is 1. The molecule has 0 aliphatic carbocycles. The number of nitrogens with zero attached hydrogens (tertiary/aromatic N) is 1. The maximum atomic E-state index is 12.2. The van der Waals surface area contributed by atoms with Crippen molar-refractivity contribution in [1.29, 1.82) is 0 Å². The van der Waals surface area contributed by atoms with E-state index in [2.05, 4.69) is 10.6 Å². The lowest BCUT2D eigenvalue weighted by Gasteiger charge is -2.11. The average Bonchev–Trinajstić information content (AvgIpc) is 2.61. The second-order valence-electron chi connectivity index (χ2n) is 4.75. The second kappa shape index (κ2) is 7.23. The third-order valence-corrected chi connectivity index (χ3v) is 3.28. The van der Waals surface area contributed by atoms with Crippen molar-refractivity contribution in [1.82, 2.24) is 5.32 Å². The Morgan fingerprint density at radius 2 is 1.67 bits per heavy atom. The van der Waals surface area contributed by atoms with Gasteiger partial charge in [-0.05, 0) is 30.3 Å². The van der Waals surface area contributed by atoms with E-state index in [1.807, 2.05) is 0 Å². The zero-order valence-corrected chi connectivity index (χ0v) is 13.0. The molecule has 0 fully saturated rings. The van der Waals surface area contributed by atoms with Crippen molar-refractivity contribution in [2.45, 2.75) is 0 Å². The first-order valence-corrected chi connectivity index (χ1v) is 6.92. The number of ether oxygens (including phenoxy) is 1. The lowest BCUT2D eigenvalue weighted by Crippen LogP contribution is -2.18. The summed E-state index contributed by atoms with van der Waals surface area (Å²) in [7, 11) is 2.93. The summed E-state index contributed by atoms with van der Waals surface area (Å²) >= 11 is 0. The number of hydrogen-bond acceptors (Lipinski definition) is 5. The molecule has 0 heterocycles. The number of carbonyl (C=O) groups excluding carboxylic acids is 2. The van der Waals surface area contributed by atoms with Gasteiger partial charge >= 0.3 is 0 Å². The van der Waals surface area contributed by atoms with Gasteiger partial charge < -0.3 is 15.4 Å². The first-order valence-electron chi connectivity index (χ1n) is 6.92. The van der Waals surface area contributed by atoms with Crippen LogP contribution in [0.4, 0.5) is 11.4 Å². The van der Waals surface area contributed by atoms with E-state index in [-0.39, 0.29) is 17.2 Å². The Balaban J connectivity index is 2.21. The third kappa shape index (κ3) is 3.67. The molecule has 2 rings (SSSR count). The molecule has 24 heavy (non-hydrogen) atoms. The van der Waals surface area contributed by atoms with Crippen LogP contribution in [0, 0.1) is 10.1 Å². The highest BCUT2D eigenvalue weighted by Crippen LogP contribution is 2.26. The lowest BCUT2D eigenvalue weighted by atomic mass is 10.1. The van der Waals surface area contributed by atoms with E-state index in [1.54, 1.807) is 12.1 Å². The fourth-order valence-electron chi connectivity index (χ4n) is 2.01. The monoisotopic (exact) mass is 329 g/mol. The molecule has 0 spiro atoms. The van der Waals surface area contributed by atoms with Gasteiger partial charge in [0.25, 0.3) is 17.5 Å². The van der Waals surface area contributed by atoms with E-state index >= 15 is 0 Å². The Kier molecular flexibility index (Phi) is 5.10. The Labute approximate surface area is 137 Å². The predicted molar refractivity (Wildman–Crippen MR) is 87.4 cm³/mol. The highest BCUT2D eigenvalue weighted by molar-refractivity contribution is 6.05. The number of amides is 2. The highest BCUT2D eigenvalue weighted by Gasteiger charge is 2.14. The Bertz CT molecular complexity index is 787. The topological polar surface area (TPSA) is 111 Å². The number of anilines is 1. The molecule has 0 saturated heterocycles. The summed E-state index contributed by atoms with van der Waals surface area (Å²) in [6, 6.07) is 9.82. The molecule has 2 amide bonds. The largest absolute Gasteiger partial charge is 0.495 e. The summed E-state index contributed by atoms with van der Waals surface area (Å²) in [4.78, 5) is 33.9. The van der Waals surface area contributed by atoms with E-state index in [0.717, 1.165) is 0 Å². The molecule has 124 valence electrons. The molecule has 0 aliphatic heterocycles. The normalized spacial score (nSPS) is 9.92. The molecular weight excluding hydrogens is 314 g/mol. The van der Waals surface area contributed by atoms with Crippen LogP contribution in [0.5, 0.6) is 5.75 Å². The number of nitrogens with one attached hydrogen (secondary N) is 2. The lowest BCUT2D eigenvalue weighted by molar-refractivity contribution is -0.384. The molecule has 0 aliphatic rings.